The highest BCUT2D eigenvalue weighted by Gasteiger charge is 2.13. The second kappa shape index (κ2) is 8.60. The second-order valence-electron chi connectivity index (χ2n) is 4.70. The third-order valence-corrected chi connectivity index (χ3v) is 4.98. The Bertz CT molecular complexity index is 585. The van der Waals surface area contributed by atoms with E-state index in [2.05, 4.69) is 10.3 Å². The van der Waals surface area contributed by atoms with Crippen LogP contribution in [0.2, 0.25) is 0 Å². The van der Waals surface area contributed by atoms with Crippen LogP contribution in [0, 0.1) is 0 Å². The SMILES string of the molecule is CCS(=O)(=O)N(C)CCCN=C(N)Nc1ccc(OC)cc1. The lowest BCUT2D eigenvalue weighted by atomic mass is 10.3. The van der Waals surface area contributed by atoms with Gasteiger partial charge in [-0.1, -0.05) is 0 Å². The van der Waals surface area contributed by atoms with E-state index in [1.54, 1.807) is 21.1 Å². The van der Waals surface area contributed by atoms with Gasteiger partial charge in [-0.25, -0.2) is 12.7 Å². The molecule has 1 aromatic rings. The number of benzene rings is 1. The number of methoxy groups -OCH3 is 1. The van der Waals surface area contributed by atoms with Gasteiger partial charge in [0, 0.05) is 25.8 Å². The monoisotopic (exact) mass is 328 g/mol. The molecule has 0 aromatic heterocycles. The number of rotatable bonds is 8. The van der Waals surface area contributed by atoms with Crippen molar-refractivity contribution >= 4 is 21.7 Å². The largest absolute Gasteiger partial charge is 0.497 e. The van der Waals surface area contributed by atoms with Crippen LogP contribution in [0.4, 0.5) is 5.69 Å². The molecule has 0 bridgehead atoms. The molecule has 1 aromatic carbocycles. The van der Waals surface area contributed by atoms with Crippen molar-refractivity contribution in [3.63, 3.8) is 0 Å². The van der Waals surface area contributed by atoms with Crippen molar-refractivity contribution in [2.45, 2.75) is 13.3 Å². The maximum Gasteiger partial charge on any atom is 0.213 e. The number of nitrogens with one attached hydrogen (secondary N) is 1. The highest BCUT2D eigenvalue weighted by atomic mass is 32.2. The number of aliphatic imine (C=N–C) groups is 1. The lowest BCUT2D eigenvalue weighted by molar-refractivity contribution is 0.415. The van der Waals surface area contributed by atoms with Gasteiger partial charge in [0.2, 0.25) is 10.0 Å². The number of hydrogen-bond acceptors (Lipinski definition) is 4. The van der Waals surface area contributed by atoms with Gasteiger partial charge in [-0.2, -0.15) is 0 Å². The van der Waals surface area contributed by atoms with E-state index in [-0.39, 0.29) is 5.75 Å². The second-order valence-corrected chi connectivity index (χ2v) is 7.06. The van der Waals surface area contributed by atoms with Crippen LogP contribution in [0.3, 0.4) is 0 Å². The van der Waals surface area contributed by atoms with Crippen molar-refractivity contribution in [2.75, 3.05) is 38.3 Å². The number of guanidine groups is 1. The zero-order valence-corrected chi connectivity index (χ0v) is 14.1. The van der Waals surface area contributed by atoms with Gasteiger partial charge in [-0.05, 0) is 37.6 Å². The van der Waals surface area contributed by atoms with Crippen molar-refractivity contribution in [3.8, 4) is 5.75 Å². The Hall–Kier alpha value is -1.80. The van der Waals surface area contributed by atoms with E-state index in [0.717, 1.165) is 11.4 Å². The number of ether oxygens (including phenoxy) is 1. The number of nitrogens with two attached hydrogens (primary N) is 1. The third kappa shape index (κ3) is 5.90. The zero-order valence-electron chi connectivity index (χ0n) is 13.2. The van der Waals surface area contributed by atoms with Crippen molar-refractivity contribution < 1.29 is 13.2 Å². The molecule has 0 unspecified atom stereocenters. The predicted octanol–water partition coefficient (Wildman–Crippen LogP) is 1.09. The molecule has 0 aliphatic heterocycles. The highest BCUT2D eigenvalue weighted by Crippen LogP contribution is 2.14. The van der Waals surface area contributed by atoms with E-state index in [0.29, 0.717) is 25.5 Å². The Morgan fingerprint density at radius 1 is 1.36 bits per heavy atom. The molecule has 0 amide bonds. The molecule has 0 fully saturated rings. The fraction of sp³-hybridized carbons (Fsp3) is 0.500. The van der Waals surface area contributed by atoms with Crippen LogP contribution in [-0.2, 0) is 10.0 Å². The summed E-state index contributed by atoms with van der Waals surface area (Å²) in [4.78, 5) is 4.17. The van der Waals surface area contributed by atoms with E-state index in [1.807, 2.05) is 24.3 Å². The maximum atomic E-state index is 11.6. The first-order chi connectivity index (χ1) is 10.4. The molecule has 0 radical (unpaired) electrons. The van der Waals surface area contributed by atoms with Crippen molar-refractivity contribution in [1.29, 1.82) is 0 Å². The van der Waals surface area contributed by atoms with Gasteiger partial charge in [-0.3, -0.25) is 4.99 Å². The molecule has 0 aliphatic rings. The van der Waals surface area contributed by atoms with E-state index in [9.17, 15) is 8.42 Å². The van der Waals surface area contributed by atoms with Gasteiger partial charge in [-0.15, -0.1) is 0 Å². The van der Waals surface area contributed by atoms with Crippen LogP contribution in [0.25, 0.3) is 0 Å². The van der Waals surface area contributed by atoms with Crippen LogP contribution < -0.4 is 15.8 Å². The Balaban J connectivity index is 2.39. The molecule has 124 valence electrons. The summed E-state index contributed by atoms with van der Waals surface area (Å²) in [5, 5.41) is 2.96. The zero-order chi connectivity index (χ0) is 16.6. The van der Waals surface area contributed by atoms with E-state index >= 15 is 0 Å². The van der Waals surface area contributed by atoms with Gasteiger partial charge < -0.3 is 15.8 Å². The molecule has 0 saturated carbocycles. The quantitative estimate of drug-likeness (QED) is 0.423. The van der Waals surface area contributed by atoms with E-state index in [1.165, 1.54) is 4.31 Å². The number of nitrogens with zero attached hydrogens (tertiary/aromatic N) is 2. The molecule has 8 heteroatoms. The number of anilines is 1. The lowest BCUT2D eigenvalue weighted by Crippen LogP contribution is -2.30. The third-order valence-electron chi connectivity index (χ3n) is 3.12. The molecule has 0 aliphatic carbocycles. The maximum absolute atomic E-state index is 11.6. The Morgan fingerprint density at radius 3 is 2.55 bits per heavy atom. The van der Waals surface area contributed by atoms with Gasteiger partial charge in [0.1, 0.15) is 5.75 Å². The summed E-state index contributed by atoms with van der Waals surface area (Å²) < 4.78 is 29.5. The van der Waals surface area contributed by atoms with E-state index in [4.69, 9.17) is 10.5 Å². The van der Waals surface area contributed by atoms with Crippen molar-refractivity contribution in [3.05, 3.63) is 24.3 Å². The van der Waals surface area contributed by atoms with Crippen molar-refractivity contribution in [1.82, 2.24) is 4.31 Å². The first-order valence-corrected chi connectivity index (χ1v) is 8.65. The molecule has 0 saturated heterocycles. The minimum Gasteiger partial charge on any atom is -0.497 e. The summed E-state index contributed by atoms with van der Waals surface area (Å²) in [7, 11) is 0.0482. The summed E-state index contributed by atoms with van der Waals surface area (Å²) in [6, 6.07) is 7.31. The summed E-state index contributed by atoms with van der Waals surface area (Å²) in [6.07, 6.45) is 0.612. The first kappa shape index (κ1) is 18.2. The van der Waals surface area contributed by atoms with Gasteiger partial charge in [0.15, 0.2) is 5.96 Å². The topological polar surface area (TPSA) is 97.0 Å². The van der Waals surface area contributed by atoms with Crippen LogP contribution in [-0.4, -0.2) is 51.7 Å². The molecule has 0 heterocycles. The van der Waals surface area contributed by atoms with Crippen LogP contribution in [0.15, 0.2) is 29.3 Å². The number of hydrogen-bond donors (Lipinski definition) is 2. The fourth-order valence-corrected chi connectivity index (χ4v) is 2.56. The molecule has 3 N–H and O–H groups in total. The summed E-state index contributed by atoms with van der Waals surface area (Å²) in [5.74, 6) is 1.17. The molecular weight excluding hydrogens is 304 g/mol. The van der Waals surface area contributed by atoms with Crippen LogP contribution >= 0.6 is 0 Å². The Morgan fingerprint density at radius 2 is 2.00 bits per heavy atom. The van der Waals surface area contributed by atoms with Gasteiger partial charge in [0.25, 0.3) is 0 Å². The summed E-state index contributed by atoms with van der Waals surface area (Å²) >= 11 is 0. The Labute approximate surface area is 132 Å². The molecule has 0 atom stereocenters. The predicted molar refractivity (Wildman–Crippen MR) is 89.8 cm³/mol. The minimum atomic E-state index is -3.13. The molecule has 22 heavy (non-hydrogen) atoms. The minimum absolute atomic E-state index is 0.105. The standard InChI is InChI=1S/C14H24N4O3S/c1-4-22(19,20)18(2)11-5-10-16-14(15)17-12-6-8-13(21-3)9-7-12/h6-9H,4-5,10-11H2,1-3H3,(H3,15,16,17). The van der Waals surface area contributed by atoms with Crippen LogP contribution in [0.1, 0.15) is 13.3 Å². The van der Waals surface area contributed by atoms with Crippen LogP contribution in [0.5, 0.6) is 5.75 Å². The Kier molecular flexibility index (Phi) is 7.13. The molecule has 7 nitrogen and oxygen atoms in total. The fourth-order valence-electron chi connectivity index (χ4n) is 1.71. The summed E-state index contributed by atoms with van der Waals surface area (Å²) in [6.45, 7) is 2.51. The number of sulfonamides is 1. The van der Waals surface area contributed by atoms with Crippen molar-refractivity contribution in [2.24, 2.45) is 10.7 Å². The summed E-state index contributed by atoms with van der Waals surface area (Å²) in [5.41, 5.74) is 6.59. The highest BCUT2D eigenvalue weighted by molar-refractivity contribution is 7.89. The molecule has 1 rings (SSSR count). The average Bonchev–Trinajstić information content (AvgIpc) is 2.52. The van der Waals surface area contributed by atoms with E-state index < -0.39 is 10.0 Å². The average molecular weight is 328 g/mol. The normalized spacial score (nSPS) is 12.5. The molecular formula is C14H24N4O3S. The first-order valence-electron chi connectivity index (χ1n) is 7.04. The van der Waals surface area contributed by atoms with Gasteiger partial charge >= 0.3 is 0 Å². The lowest BCUT2D eigenvalue weighted by Gasteiger charge is -2.15. The smallest absolute Gasteiger partial charge is 0.213 e. The molecule has 0 spiro atoms. The van der Waals surface area contributed by atoms with Gasteiger partial charge in [0.05, 0.1) is 12.9 Å².